The van der Waals surface area contributed by atoms with Crippen LogP contribution in [-0.4, -0.2) is 18.1 Å². The van der Waals surface area contributed by atoms with Gasteiger partial charge in [-0.25, -0.2) is 4.79 Å². The first-order valence-corrected chi connectivity index (χ1v) is 3.23. The minimum atomic E-state index is -0.361. The lowest BCUT2D eigenvalue weighted by atomic mass is 10.4. The summed E-state index contributed by atoms with van der Waals surface area (Å²) in [6, 6.07) is 0. The topological polar surface area (TPSA) is 38.3 Å². The molecule has 0 amide bonds. The van der Waals surface area contributed by atoms with Crippen LogP contribution in [0.5, 0.6) is 0 Å². The molecule has 0 aromatic heterocycles. The van der Waals surface area contributed by atoms with Gasteiger partial charge in [0.25, 0.3) is 0 Å². The van der Waals surface area contributed by atoms with Gasteiger partial charge in [-0.2, -0.15) is 0 Å². The second kappa shape index (κ2) is 2.79. The molecule has 0 spiro atoms. The molecule has 3 nitrogen and oxygen atoms in total. The van der Waals surface area contributed by atoms with E-state index in [4.69, 9.17) is 12.2 Å². The highest BCUT2D eigenvalue weighted by Crippen LogP contribution is 2.04. The Balaban J connectivity index is 2.59. The summed E-state index contributed by atoms with van der Waals surface area (Å²) in [6.07, 6.45) is 2.36. The number of esters is 1. The van der Waals surface area contributed by atoms with Gasteiger partial charge in [-0.3, -0.25) is 0 Å². The maximum Gasteiger partial charge on any atom is 0.354 e. The molecule has 0 unspecified atom stereocenters. The van der Waals surface area contributed by atoms with Gasteiger partial charge in [0.05, 0.1) is 12.1 Å². The van der Waals surface area contributed by atoms with Crippen molar-refractivity contribution >= 4 is 23.2 Å². The predicted octanol–water partition coefficient (Wildman–Crippen LogP) is 0.364. The number of hydrogen-bond donors (Lipinski definition) is 1. The van der Waals surface area contributed by atoms with Crippen molar-refractivity contribution in [3.8, 4) is 0 Å². The molecular weight excluding hydrogens is 150 g/mol. The van der Waals surface area contributed by atoms with Gasteiger partial charge in [0, 0.05) is 6.42 Å². The quantitative estimate of drug-likeness (QED) is 0.440. The molecule has 0 aromatic carbocycles. The zero-order chi connectivity index (χ0) is 7.56. The van der Waals surface area contributed by atoms with E-state index in [1.165, 1.54) is 7.11 Å². The zero-order valence-corrected chi connectivity index (χ0v) is 6.33. The molecule has 0 aromatic rings. The van der Waals surface area contributed by atoms with E-state index in [2.05, 4.69) is 10.1 Å². The normalized spacial score (nSPS) is 16.1. The molecule has 1 aliphatic heterocycles. The van der Waals surface area contributed by atoms with Crippen LogP contribution >= 0.6 is 12.2 Å². The summed E-state index contributed by atoms with van der Waals surface area (Å²) in [7, 11) is 1.34. The number of carbonyl (C=O) groups excluding carboxylic acids is 1. The van der Waals surface area contributed by atoms with E-state index < -0.39 is 0 Å². The van der Waals surface area contributed by atoms with Gasteiger partial charge in [-0.15, -0.1) is 0 Å². The summed E-state index contributed by atoms with van der Waals surface area (Å²) in [4.78, 5) is 11.4. The molecule has 1 N–H and O–H groups in total. The van der Waals surface area contributed by atoms with E-state index in [-0.39, 0.29) is 5.97 Å². The van der Waals surface area contributed by atoms with Crippen LogP contribution in [0.1, 0.15) is 6.42 Å². The summed E-state index contributed by atoms with van der Waals surface area (Å²) in [5.41, 5.74) is 0.451. The van der Waals surface area contributed by atoms with Gasteiger partial charge in [0.1, 0.15) is 5.70 Å². The second-order valence-electron chi connectivity index (χ2n) is 1.86. The largest absolute Gasteiger partial charge is 0.464 e. The number of rotatable bonds is 1. The fraction of sp³-hybridized carbons (Fsp3) is 0.333. The number of methoxy groups -OCH3 is 1. The molecule has 0 saturated carbocycles. The molecule has 54 valence electrons. The van der Waals surface area contributed by atoms with Crippen LogP contribution in [-0.2, 0) is 9.53 Å². The minimum absolute atomic E-state index is 0.361. The number of carbonyl (C=O) groups is 1. The first-order chi connectivity index (χ1) is 4.74. The molecule has 0 aliphatic carbocycles. The van der Waals surface area contributed by atoms with E-state index in [9.17, 15) is 4.79 Å². The lowest BCUT2D eigenvalue weighted by Gasteiger charge is -1.99. The van der Waals surface area contributed by atoms with Crippen LogP contribution in [0, 0.1) is 0 Å². The molecule has 4 heteroatoms. The Bertz CT molecular complexity index is 210. The van der Waals surface area contributed by atoms with Gasteiger partial charge < -0.3 is 10.1 Å². The molecule has 0 saturated heterocycles. The molecule has 0 fully saturated rings. The number of hydrogen-bond acceptors (Lipinski definition) is 3. The summed E-state index contributed by atoms with van der Waals surface area (Å²) in [6.45, 7) is 0. The average Bonchev–Trinajstić information content (AvgIpc) is 2.34. The highest BCUT2D eigenvalue weighted by atomic mass is 32.1. The molecule has 10 heavy (non-hydrogen) atoms. The Morgan fingerprint density at radius 1 is 1.90 bits per heavy atom. The fourth-order valence-electron chi connectivity index (χ4n) is 0.691. The van der Waals surface area contributed by atoms with Gasteiger partial charge >= 0.3 is 5.97 Å². The third-order valence-electron chi connectivity index (χ3n) is 1.17. The summed E-state index contributed by atoms with van der Waals surface area (Å²) in [5, 5.41) is 2.72. The predicted molar refractivity (Wildman–Crippen MR) is 40.4 cm³/mol. The van der Waals surface area contributed by atoms with E-state index in [1.54, 1.807) is 6.08 Å². The van der Waals surface area contributed by atoms with Crippen molar-refractivity contribution in [2.75, 3.05) is 7.11 Å². The molecule has 1 aliphatic rings. The molecule has 0 atom stereocenters. The van der Waals surface area contributed by atoms with Crippen molar-refractivity contribution in [1.29, 1.82) is 0 Å². The van der Waals surface area contributed by atoms with E-state index in [1.807, 2.05) is 0 Å². The van der Waals surface area contributed by atoms with Gasteiger partial charge in [-0.1, -0.05) is 12.2 Å². The Morgan fingerprint density at radius 2 is 2.60 bits per heavy atom. The minimum Gasteiger partial charge on any atom is -0.464 e. The zero-order valence-electron chi connectivity index (χ0n) is 5.51. The van der Waals surface area contributed by atoms with Crippen molar-refractivity contribution < 1.29 is 9.53 Å². The van der Waals surface area contributed by atoms with Crippen LogP contribution in [0.4, 0.5) is 0 Å². The Morgan fingerprint density at radius 3 is 3.00 bits per heavy atom. The maximum atomic E-state index is 10.7. The summed E-state index contributed by atoms with van der Waals surface area (Å²) < 4.78 is 4.45. The molecule has 0 bridgehead atoms. The lowest BCUT2D eigenvalue weighted by molar-refractivity contribution is -0.136. The Labute approximate surface area is 64.1 Å². The van der Waals surface area contributed by atoms with Gasteiger partial charge in [0.15, 0.2) is 0 Å². The monoisotopic (exact) mass is 157 g/mol. The smallest absolute Gasteiger partial charge is 0.354 e. The van der Waals surface area contributed by atoms with Crippen LogP contribution in [0.2, 0.25) is 0 Å². The van der Waals surface area contributed by atoms with E-state index >= 15 is 0 Å². The van der Waals surface area contributed by atoms with Crippen LogP contribution in [0.25, 0.3) is 0 Å². The number of nitrogens with one attached hydrogen (secondary N) is 1. The van der Waals surface area contributed by atoms with E-state index in [0.717, 1.165) is 0 Å². The lowest BCUT2D eigenvalue weighted by Crippen LogP contribution is -2.20. The van der Waals surface area contributed by atoms with Crippen molar-refractivity contribution in [2.24, 2.45) is 0 Å². The van der Waals surface area contributed by atoms with Gasteiger partial charge in [-0.05, 0) is 6.08 Å². The Hall–Kier alpha value is -0.900. The Kier molecular flexibility index (Phi) is 2.01. The third-order valence-corrected chi connectivity index (χ3v) is 1.44. The third kappa shape index (κ3) is 1.33. The van der Waals surface area contributed by atoms with Crippen LogP contribution in [0.3, 0.4) is 0 Å². The maximum absolute atomic E-state index is 10.7. The van der Waals surface area contributed by atoms with Crippen LogP contribution < -0.4 is 5.32 Å². The van der Waals surface area contributed by atoms with Crippen molar-refractivity contribution in [3.63, 3.8) is 0 Å². The second-order valence-corrected chi connectivity index (χ2v) is 2.35. The number of ether oxygens (including phenoxy) is 1. The fourth-order valence-corrected chi connectivity index (χ4v) is 0.885. The van der Waals surface area contributed by atoms with Crippen molar-refractivity contribution in [2.45, 2.75) is 6.42 Å². The molecule has 1 heterocycles. The molecule has 1 rings (SSSR count). The average molecular weight is 157 g/mol. The van der Waals surface area contributed by atoms with E-state index in [0.29, 0.717) is 17.1 Å². The first-order valence-electron chi connectivity index (χ1n) is 2.82. The van der Waals surface area contributed by atoms with Crippen molar-refractivity contribution in [1.82, 2.24) is 5.32 Å². The standard InChI is InChI=1S/C6H7NO2S/c1-9-6(8)4-2-3-5(10)7-4/h2H,3H2,1H3,(H,7,10). The van der Waals surface area contributed by atoms with Crippen molar-refractivity contribution in [3.05, 3.63) is 11.8 Å². The summed E-state index contributed by atoms with van der Waals surface area (Å²) in [5.74, 6) is -0.361. The molecular formula is C6H7NO2S. The summed E-state index contributed by atoms with van der Waals surface area (Å²) >= 11 is 4.79. The van der Waals surface area contributed by atoms with Crippen LogP contribution in [0.15, 0.2) is 11.8 Å². The first kappa shape index (κ1) is 7.21. The number of thiocarbonyl (C=S) groups is 1. The van der Waals surface area contributed by atoms with Gasteiger partial charge in [0.2, 0.25) is 0 Å². The molecule has 0 radical (unpaired) electrons. The highest BCUT2D eigenvalue weighted by molar-refractivity contribution is 7.80. The SMILES string of the molecule is COC(=O)C1=CCC(=S)N1. The highest BCUT2D eigenvalue weighted by Gasteiger charge is 2.15.